The molecule has 8 heteroatoms. The van der Waals surface area contributed by atoms with Crippen LogP contribution < -0.4 is 15.8 Å². The normalized spacial score (nSPS) is 17.3. The number of anilines is 2. The van der Waals surface area contributed by atoms with E-state index in [1.807, 2.05) is 54.3 Å². The van der Waals surface area contributed by atoms with Crippen molar-refractivity contribution in [2.45, 2.75) is 19.0 Å². The Morgan fingerprint density at radius 2 is 1.93 bits per heavy atom. The van der Waals surface area contributed by atoms with Gasteiger partial charge in [-0.25, -0.2) is 9.97 Å². The fourth-order valence-electron chi connectivity index (χ4n) is 3.66. The van der Waals surface area contributed by atoms with Crippen LogP contribution in [-0.4, -0.2) is 34.4 Å². The molecule has 1 amide bonds. The van der Waals surface area contributed by atoms with Crippen molar-refractivity contribution in [2.75, 3.05) is 19.0 Å². The van der Waals surface area contributed by atoms with Crippen LogP contribution in [0.15, 0.2) is 61.1 Å². The van der Waals surface area contributed by atoms with Crippen molar-refractivity contribution in [3.8, 4) is 5.75 Å². The number of carbonyl (C=O) groups is 1. The molecule has 0 spiro atoms. The standard InChI is InChI=1S/C22H23N5O2.ClH/c1-22(13-23)19-11-16(26-20-9-10-24-14-25-20)5-8-18(19)21(28)27(22)12-15-3-6-17(29-2)7-4-15;/h3-11,14H,12-13,23H2,1-2H3,(H,24,25,26);1H. The molecule has 1 aliphatic rings. The van der Waals surface area contributed by atoms with Crippen LogP contribution in [0.2, 0.25) is 0 Å². The van der Waals surface area contributed by atoms with Crippen LogP contribution in [-0.2, 0) is 12.1 Å². The maximum atomic E-state index is 13.2. The average Bonchev–Trinajstić information content (AvgIpc) is 2.97. The number of fused-ring (bicyclic) bond motifs is 1. The van der Waals surface area contributed by atoms with Crippen LogP contribution in [0.25, 0.3) is 0 Å². The third-order valence-electron chi connectivity index (χ3n) is 5.42. The van der Waals surface area contributed by atoms with Crippen molar-refractivity contribution in [1.82, 2.24) is 14.9 Å². The molecule has 0 saturated heterocycles. The van der Waals surface area contributed by atoms with E-state index < -0.39 is 5.54 Å². The van der Waals surface area contributed by atoms with Crippen molar-refractivity contribution in [2.24, 2.45) is 5.73 Å². The van der Waals surface area contributed by atoms with Gasteiger partial charge in [0.15, 0.2) is 0 Å². The van der Waals surface area contributed by atoms with E-state index in [-0.39, 0.29) is 18.3 Å². The lowest BCUT2D eigenvalue weighted by Crippen LogP contribution is -2.46. The summed E-state index contributed by atoms with van der Waals surface area (Å²) in [7, 11) is 1.63. The van der Waals surface area contributed by atoms with Gasteiger partial charge in [-0.05, 0) is 54.4 Å². The topological polar surface area (TPSA) is 93.4 Å². The van der Waals surface area contributed by atoms with Crippen molar-refractivity contribution in [1.29, 1.82) is 0 Å². The predicted molar refractivity (Wildman–Crippen MR) is 118 cm³/mol. The lowest BCUT2D eigenvalue weighted by molar-refractivity contribution is 0.0575. The number of nitrogens with one attached hydrogen (secondary N) is 1. The summed E-state index contributed by atoms with van der Waals surface area (Å²) in [5.41, 5.74) is 9.04. The molecule has 156 valence electrons. The summed E-state index contributed by atoms with van der Waals surface area (Å²) < 4.78 is 5.22. The summed E-state index contributed by atoms with van der Waals surface area (Å²) >= 11 is 0. The summed E-state index contributed by atoms with van der Waals surface area (Å²) in [5.74, 6) is 1.46. The number of hydrogen-bond acceptors (Lipinski definition) is 6. The van der Waals surface area contributed by atoms with Gasteiger partial charge < -0.3 is 20.7 Å². The van der Waals surface area contributed by atoms with Crippen LogP contribution >= 0.6 is 12.4 Å². The fourth-order valence-corrected chi connectivity index (χ4v) is 3.66. The number of ether oxygens (including phenoxy) is 1. The molecule has 0 saturated carbocycles. The molecule has 4 rings (SSSR count). The van der Waals surface area contributed by atoms with Crippen LogP contribution in [0.5, 0.6) is 5.75 Å². The highest BCUT2D eigenvalue weighted by Crippen LogP contribution is 2.41. The van der Waals surface area contributed by atoms with E-state index in [1.54, 1.807) is 19.4 Å². The molecule has 1 atom stereocenters. The van der Waals surface area contributed by atoms with Gasteiger partial charge in [0.05, 0.1) is 12.6 Å². The average molecular weight is 426 g/mol. The highest BCUT2D eigenvalue weighted by molar-refractivity contribution is 6.00. The SMILES string of the molecule is COc1ccc(CN2C(=O)c3ccc(Nc4ccncn4)cc3C2(C)CN)cc1.Cl. The van der Waals surface area contributed by atoms with Crippen molar-refractivity contribution in [3.05, 3.63) is 77.7 Å². The minimum absolute atomic E-state index is 0. The summed E-state index contributed by atoms with van der Waals surface area (Å²) in [6, 6.07) is 15.2. The fraction of sp³-hybridized carbons (Fsp3) is 0.227. The number of rotatable bonds is 6. The minimum Gasteiger partial charge on any atom is -0.497 e. The monoisotopic (exact) mass is 425 g/mol. The molecule has 0 fully saturated rings. The molecule has 0 radical (unpaired) electrons. The quantitative estimate of drug-likeness (QED) is 0.628. The largest absolute Gasteiger partial charge is 0.497 e. The minimum atomic E-state index is -0.601. The van der Waals surface area contributed by atoms with Gasteiger partial charge in [0.25, 0.3) is 5.91 Å². The Labute approximate surface area is 181 Å². The van der Waals surface area contributed by atoms with E-state index in [0.29, 0.717) is 24.5 Å². The first kappa shape index (κ1) is 21.5. The number of nitrogens with two attached hydrogens (primary N) is 1. The number of methoxy groups -OCH3 is 1. The Hall–Kier alpha value is -3.16. The first-order valence-corrected chi connectivity index (χ1v) is 9.37. The lowest BCUT2D eigenvalue weighted by Gasteiger charge is -2.35. The highest BCUT2D eigenvalue weighted by atomic mass is 35.5. The lowest BCUT2D eigenvalue weighted by atomic mass is 9.91. The zero-order chi connectivity index (χ0) is 20.4. The molecule has 7 nitrogen and oxygen atoms in total. The zero-order valence-corrected chi connectivity index (χ0v) is 17.6. The van der Waals surface area contributed by atoms with Crippen molar-refractivity contribution < 1.29 is 9.53 Å². The molecule has 2 aromatic carbocycles. The maximum absolute atomic E-state index is 13.2. The Morgan fingerprint density at radius 1 is 1.17 bits per heavy atom. The molecular formula is C22H24ClN5O2. The molecule has 1 unspecified atom stereocenters. The summed E-state index contributed by atoms with van der Waals surface area (Å²) in [6.07, 6.45) is 3.16. The van der Waals surface area contributed by atoms with Crippen LogP contribution in [0, 0.1) is 0 Å². The van der Waals surface area contributed by atoms with E-state index in [2.05, 4.69) is 15.3 Å². The number of aromatic nitrogens is 2. The third-order valence-corrected chi connectivity index (χ3v) is 5.42. The van der Waals surface area contributed by atoms with Crippen LogP contribution in [0.4, 0.5) is 11.5 Å². The second kappa shape index (κ2) is 8.69. The number of halogens is 1. The van der Waals surface area contributed by atoms with E-state index in [9.17, 15) is 4.79 Å². The Bertz CT molecular complexity index is 1030. The summed E-state index contributed by atoms with van der Waals surface area (Å²) in [6.45, 7) is 2.80. The molecule has 30 heavy (non-hydrogen) atoms. The molecule has 0 bridgehead atoms. The molecule has 2 heterocycles. The van der Waals surface area contributed by atoms with E-state index in [1.165, 1.54) is 6.33 Å². The Morgan fingerprint density at radius 3 is 2.57 bits per heavy atom. The second-order valence-electron chi connectivity index (χ2n) is 7.20. The summed E-state index contributed by atoms with van der Waals surface area (Å²) in [4.78, 5) is 23.1. The van der Waals surface area contributed by atoms with Crippen LogP contribution in [0.3, 0.4) is 0 Å². The second-order valence-corrected chi connectivity index (χ2v) is 7.20. The molecular weight excluding hydrogens is 402 g/mol. The van der Waals surface area contributed by atoms with E-state index in [0.717, 1.165) is 22.6 Å². The maximum Gasteiger partial charge on any atom is 0.255 e. The molecule has 1 aliphatic heterocycles. The first-order valence-electron chi connectivity index (χ1n) is 9.37. The van der Waals surface area contributed by atoms with Gasteiger partial charge >= 0.3 is 0 Å². The third kappa shape index (κ3) is 3.81. The van der Waals surface area contributed by atoms with Gasteiger partial charge in [0.1, 0.15) is 17.9 Å². The summed E-state index contributed by atoms with van der Waals surface area (Å²) in [5, 5.41) is 3.25. The van der Waals surface area contributed by atoms with Gasteiger partial charge in [-0.1, -0.05) is 12.1 Å². The number of benzene rings is 2. The molecule has 3 N–H and O–H groups in total. The Kier molecular flexibility index (Phi) is 6.24. The van der Waals surface area contributed by atoms with Crippen molar-refractivity contribution in [3.63, 3.8) is 0 Å². The number of carbonyl (C=O) groups excluding carboxylic acids is 1. The predicted octanol–water partition coefficient (Wildman–Crippen LogP) is 3.48. The molecule has 0 aliphatic carbocycles. The van der Waals surface area contributed by atoms with Gasteiger partial charge in [0, 0.05) is 30.5 Å². The van der Waals surface area contributed by atoms with E-state index >= 15 is 0 Å². The van der Waals surface area contributed by atoms with E-state index in [4.69, 9.17) is 10.5 Å². The first-order chi connectivity index (χ1) is 14.0. The van der Waals surface area contributed by atoms with Crippen molar-refractivity contribution >= 4 is 29.8 Å². The van der Waals surface area contributed by atoms with Gasteiger partial charge in [-0.3, -0.25) is 4.79 Å². The van der Waals surface area contributed by atoms with Gasteiger partial charge in [0.2, 0.25) is 0 Å². The molecule has 3 aromatic rings. The number of amides is 1. The smallest absolute Gasteiger partial charge is 0.255 e. The van der Waals surface area contributed by atoms with Gasteiger partial charge in [-0.15, -0.1) is 12.4 Å². The number of nitrogens with zero attached hydrogens (tertiary/aromatic N) is 3. The molecule has 1 aromatic heterocycles. The Balaban J connectivity index is 0.00000256. The zero-order valence-electron chi connectivity index (χ0n) is 16.8. The van der Waals surface area contributed by atoms with Gasteiger partial charge in [-0.2, -0.15) is 0 Å². The number of hydrogen-bond donors (Lipinski definition) is 2. The van der Waals surface area contributed by atoms with Crippen LogP contribution in [0.1, 0.15) is 28.4 Å². The highest BCUT2D eigenvalue weighted by Gasteiger charge is 2.45.